The van der Waals surface area contributed by atoms with Gasteiger partial charge in [-0.25, -0.2) is 4.39 Å². The zero-order chi connectivity index (χ0) is 15.1. The lowest BCUT2D eigenvalue weighted by molar-refractivity contribution is -0.116. The summed E-state index contributed by atoms with van der Waals surface area (Å²) in [5, 5.41) is 2.71. The number of hydrogen-bond acceptors (Lipinski definition) is 2. The minimum absolute atomic E-state index is 0.0988. The third kappa shape index (κ3) is 4.36. The van der Waals surface area contributed by atoms with E-state index >= 15 is 0 Å². The molecule has 0 saturated heterocycles. The van der Waals surface area contributed by atoms with Gasteiger partial charge < -0.3 is 10.1 Å². The Morgan fingerprint density at radius 2 is 2.05 bits per heavy atom. The molecule has 0 aromatic heterocycles. The average molecular weight is 283 g/mol. The van der Waals surface area contributed by atoms with Gasteiger partial charge in [-0.2, -0.15) is 0 Å². The van der Waals surface area contributed by atoms with Gasteiger partial charge in [0.05, 0.1) is 13.0 Å². The fourth-order valence-electron chi connectivity index (χ4n) is 1.73. The third-order valence-electron chi connectivity index (χ3n) is 2.74. The van der Waals surface area contributed by atoms with E-state index in [1.807, 2.05) is 0 Å². The molecule has 0 spiro atoms. The summed E-state index contributed by atoms with van der Waals surface area (Å²) in [7, 11) is 0. The summed E-state index contributed by atoms with van der Waals surface area (Å²) >= 11 is 0. The number of benzene rings is 2. The van der Waals surface area contributed by atoms with Crippen molar-refractivity contribution >= 4 is 11.6 Å². The molecule has 4 heteroatoms. The summed E-state index contributed by atoms with van der Waals surface area (Å²) in [6.45, 7) is 0.0988. The van der Waals surface area contributed by atoms with Crippen LogP contribution in [-0.4, -0.2) is 12.5 Å². The fraction of sp³-hybridized carbons (Fsp3) is 0.118. The number of ether oxygens (including phenoxy) is 1. The molecular weight excluding hydrogens is 269 g/mol. The lowest BCUT2D eigenvalue weighted by Gasteiger charge is -2.08. The highest BCUT2D eigenvalue weighted by molar-refractivity contribution is 5.90. The van der Waals surface area contributed by atoms with Gasteiger partial charge in [-0.15, -0.1) is 6.42 Å². The van der Waals surface area contributed by atoms with E-state index in [0.717, 1.165) is 0 Å². The minimum atomic E-state index is -0.445. The van der Waals surface area contributed by atoms with Crippen molar-refractivity contribution in [2.45, 2.75) is 6.42 Å². The van der Waals surface area contributed by atoms with Gasteiger partial charge in [-0.05, 0) is 30.3 Å². The highest BCUT2D eigenvalue weighted by Gasteiger charge is 2.05. The lowest BCUT2D eigenvalue weighted by Crippen LogP contribution is -2.15. The van der Waals surface area contributed by atoms with Gasteiger partial charge in [0.25, 0.3) is 0 Å². The molecule has 2 aromatic rings. The minimum Gasteiger partial charge on any atom is -0.490 e. The molecule has 21 heavy (non-hydrogen) atoms. The summed E-state index contributed by atoms with van der Waals surface area (Å²) in [5.41, 5.74) is 1.32. The second kappa shape index (κ2) is 7.11. The monoisotopic (exact) mass is 283 g/mol. The SMILES string of the molecule is C#Cc1cccc(NC(=O)CCOc2ccccc2F)c1. The zero-order valence-corrected chi connectivity index (χ0v) is 11.3. The van der Waals surface area contributed by atoms with Gasteiger partial charge in [-0.1, -0.05) is 24.1 Å². The number of carbonyl (C=O) groups is 1. The fourth-order valence-corrected chi connectivity index (χ4v) is 1.73. The number of carbonyl (C=O) groups excluding carboxylic acids is 1. The molecule has 0 bridgehead atoms. The second-order valence-corrected chi connectivity index (χ2v) is 4.30. The molecule has 0 heterocycles. The van der Waals surface area contributed by atoms with Crippen LogP contribution in [0.25, 0.3) is 0 Å². The highest BCUT2D eigenvalue weighted by atomic mass is 19.1. The Morgan fingerprint density at radius 1 is 1.24 bits per heavy atom. The molecule has 0 fully saturated rings. The number of hydrogen-bond donors (Lipinski definition) is 1. The molecule has 3 nitrogen and oxygen atoms in total. The van der Waals surface area contributed by atoms with E-state index in [0.29, 0.717) is 11.3 Å². The standard InChI is InChI=1S/C17H14FNO2/c1-2-13-6-5-7-14(12-13)19-17(20)10-11-21-16-9-4-3-8-15(16)18/h1,3-9,12H,10-11H2,(H,19,20). The molecular formula is C17H14FNO2. The first-order valence-corrected chi connectivity index (χ1v) is 6.43. The third-order valence-corrected chi connectivity index (χ3v) is 2.74. The molecule has 1 amide bonds. The van der Waals surface area contributed by atoms with Crippen LogP contribution >= 0.6 is 0 Å². The first-order chi connectivity index (χ1) is 10.2. The molecule has 2 rings (SSSR count). The molecule has 0 aliphatic carbocycles. The molecule has 0 unspecified atom stereocenters. The van der Waals surface area contributed by atoms with Crippen molar-refractivity contribution in [1.29, 1.82) is 0 Å². The van der Waals surface area contributed by atoms with E-state index in [9.17, 15) is 9.18 Å². The Balaban J connectivity index is 1.83. The Labute approximate surface area is 122 Å². The van der Waals surface area contributed by atoms with Crippen molar-refractivity contribution in [3.05, 3.63) is 59.9 Å². The van der Waals surface area contributed by atoms with Gasteiger partial charge >= 0.3 is 0 Å². The van der Waals surface area contributed by atoms with Gasteiger partial charge in [0.2, 0.25) is 5.91 Å². The lowest BCUT2D eigenvalue weighted by atomic mass is 10.2. The number of nitrogens with one attached hydrogen (secondary N) is 1. The van der Waals surface area contributed by atoms with E-state index < -0.39 is 5.82 Å². The zero-order valence-electron chi connectivity index (χ0n) is 11.3. The molecule has 1 N–H and O–H groups in total. The molecule has 0 aliphatic rings. The predicted molar refractivity (Wildman–Crippen MR) is 79.5 cm³/mol. The first-order valence-electron chi connectivity index (χ1n) is 6.43. The Bertz CT molecular complexity index is 676. The van der Waals surface area contributed by atoms with Crippen LogP contribution in [0.1, 0.15) is 12.0 Å². The van der Waals surface area contributed by atoms with Gasteiger partial charge in [-0.3, -0.25) is 4.79 Å². The molecule has 2 aromatic carbocycles. The quantitative estimate of drug-likeness (QED) is 0.856. The van der Waals surface area contributed by atoms with Crippen molar-refractivity contribution in [2.24, 2.45) is 0 Å². The Hall–Kier alpha value is -2.80. The summed E-state index contributed by atoms with van der Waals surface area (Å²) < 4.78 is 18.5. The number of para-hydroxylation sites is 1. The molecule has 106 valence electrons. The highest BCUT2D eigenvalue weighted by Crippen LogP contribution is 2.15. The maximum Gasteiger partial charge on any atom is 0.227 e. The van der Waals surface area contributed by atoms with E-state index in [4.69, 9.17) is 11.2 Å². The smallest absolute Gasteiger partial charge is 0.227 e. The average Bonchev–Trinajstić information content (AvgIpc) is 2.49. The number of anilines is 1. The van der Waals surface area contributed by atoms with Gasteiger partial charge in [0.1, 0.15) is 0 Å². The summed E-state index contributed by atoms with van der Waals surface area (Å²) in [4.78, 5) is 11.8. The van der Waals surface area contributed by atoms with Crippen molar-refractivity contribution in [3.63, 3.8) is 0 Å². The number of rotatable bonds is 5. The van der Waals surface area contributed by atoms with E-state index in [2.05, 4.69) is 11.2 Å². The topological polar surface area (TPSA) is 38.3 Å². The van der Waals surface area contributed by atoms with Crippen molar-refractivity contribution < 1.29 is 13.9 Å². The van der Waals surface area contributed by atoms with E-state index in [1.165, 1.54) is 12.1 Å². The van der Waals surface area contributed by atoms with Crippen LogP contribution < -0.4 is 10.1 Å². The molecule has 0 radical (unpaired) electrons. The van der Waals surface area contributed by atoms with E-state index in [1.54, 1.807) is 36.4 Å². The second-order valence-electron chi connectivity index (χ2n) is 4.30. The van der Waals surface area contributed by atoms with E-state index in [-0.39, 0.29) is 24.7 Å². The summed E-state index contributed by atoms with van der Waals surface area (Å²) in [5.74, 6) is 1.97. The largest absolute Gasteiger partial charge is 0.490 e. The number of amides is 1. The predicted octanol–water partition coefficient (Wildman–Crippen LogP) is 3.21. The summed E-state index contributed by atoms with van der Waals surface area (Å²) in [6.07, 6.45) is 5.41. The molecule has 0 saturated carbocycles. The van der Waals surface area contributed by atoms with Crippen LogP contribution in [0.4, 0.5) is 10.1 Å². The van der Waals surface area contributed by atoms with Crippen molar-refractivity contribution in [1.82, 2.24) is 0 Å². The van der Waals surface area contributed by atoms with Crippen LogP contribution in [0.15, 0.2) is 48.5 Å². The Kier molecular flexibility index (Phi) is 4.94. The number of terminal acetylenes is 1. The number of halogens is 1. The normalized spacial score (nSPS) is 9.71. The van der Waals surface area contributed by atoms with Crippen molar-refractivity contribution in [3.8, 4) is 18.1 Å². The van der Waals surface area contributed by atoms with Crippen LogP contribution in [0, 0.1) is 18.2 Å². The van der Waals surface area contributed by atoms with Crippen LogP contribution in [-0.2, 0) is 4.79 Å². The Morgan fingerprint density at radius 3 is 2.81 bits per heavy atom. The van der Waals surface area contributed by atoms with Gasteiger partial charge in [0, 0.05) is 11.3 Å². The van der Waals surface area contributed by atoms with Crippen molar-refractivity contribution in [2.75, 3.05) is 11.9 Å². The first kappa shape index (κ1) is 14.6. The van der Waals surface area contributed by atoms with Crippen LogP contribution in [0.5, 0.6) is 5.75 Å². The molecule has 0 aliphatic heterocycles. The van der Waals surface area contributed by atoms with Gasteiger partial charge in [0.15, 0.2) is 11.6 Å². The molecule has 0 atom stereocenters. The van der Waals surface area contributed by atoms with Crippen LogP contribution in [0.3, 0.4) is 0 Å². The van der Waals surface area contributed by atoms with Crippen LogP contribution in [0.2, 0.25) is 0 Å². The maximum absolute atomic E-state index is 13.3. The summed E-state index contributed by atoms with van der Waals surface area (Å²) in [6, 6.07) is 13.1. The maximum atomic E-state index is 13.3.